The first-order valence-corrected chi connectivity index (χ1v) is 5.27. The molecule has 0 unspecified atom stereocenters. The Kier molecular flexibility index (Phi) is 1.52. The van der Waals surface area contributed by atoms with Gasteiger partial charge in [0.25, 0.3) is 0 Å². The van der Waals surface area contributed by atoms with E-state index in [9.17, 15) is 0 Å². The van der Waals surface area contributed by atoms with E-state index in [-0.39, 0.29) is 0 Å². The van der Waals surface area contributed by atoms with Crippen molar-refractivity contribution in [1.82, 2.24) is 15.3 Å². The zero-order valence-electron chi connectivity index (χ0n) is 8.72. The minimum atomic E-state index is 0.294. The van der Waals surface area contributed by atoms with Crippen LogP contribution in [0.25, 0.3) is 0 Å². The van der Waals surface area contributed by atoms with Gasteiger partial charge in [0.15, 0.2) is 0 Å². The first kappa shape index (κ1) is 8.36. The predicted molar refractivity (Wildman–Crippen MR) is 53.9 cm³/mol. The second kappa shape index (κ2) is 2.54. The van der Waals surface area contributed by atoms with Gasteiger partial charge in [0.05, 0.1) is 5.69 Å². The van der Waals surface area contributed by atoms with Crippen molar-refractivity contribution in [3.63, 3.8) is 0 Å². The first-order valence-electron chi connectivity index (χ1n) is 5.27. The van der Waals surface area contributed by atoms with Crippen molar-refractivity contribution in [1.29, 1.82) is 0 Å². The molecular weight excluding hydrogens is 174 g/mol. The number of rotatable bonds is 1. The third kappa shape index (κ3) is 1.08. The van der Waals surface area contributed by atoms with E-state index < -0.39 is 0 Å². The van der Waals surface area contributed by atoms with Crippen LogP contribution in [0.2, 0.25) is 0 Å². The minimum absolute atomic E-state index is 0.294. The Morgan fingerprint density at radius 2 is 2.00 bits per heavy atom. The number of hydrogen-bond acceptors (Lipinski definition) is 3. The van der Waals surface area contributed by atoms with Gasteiger partial charge in [0.2, 0.25) is 0 Å². The normalized spacial score (nSPS) is 22.1. The molecule has 3 heteroatoms. The molecule has 0 saturated heterocycles. The zero-order chi connectivity index (χ0) is 9.76. The topological polar surface area (TPSA) is 37.8 Å². The van der Waals surface area contributed by atoms with Gasteiger partial charge in [0.1, 0.15) is 5.82 Å². The zero-order valence-corrected chi connectivity index (χ0v) is 8.72. The molecule has 1 aromatic heterocycles. The summed E-state index contributed by atoms with van der Waals surface area (Å²) in [5, 5.41) is 3.33. The summed E-state index contributed by atoms with van der Waals surface area (Å²) in [5.41, 5.74) is 4.00. The third-order valence-corrected chi connectivity index (χ3v) is 3.43. The van der Waals surface area contributed by atoms with Crippen LogP contribution in [0.4, 0.5) is 0 Å². The number of aryl methyl sites for hydroxylation is 1. The molecule has 1 aliphatic heterocycles. The molecule has 1 aliphatic carbocycles. The molecule has 14 heavy (non-hydrogen) atoms. The van der Waals surface area contributed by atoms with E-state index in [1.165, 1.54) is 29.8 Å². The Hall–Kier alpha value is -0.960. The Balaban J connectivity index is 2.12. The van der Waals surface area contributed by atoms with E-state index in [2.05, 4.69) is 29.1 Å². The van der Waals surface area contributed by atoms with E-state index in [0.717, 1.165) is 18.9 Å². The fourth-order valence-electron chi connectivity index (χ4n) is 2.02. The molecule has 2 heterocycles. The summed E-state index contributed by atoms with van der Waals surface area (Å²) in [5.74, 6) is 1.07. The minimum Gasteiger partial charge on any atom is -0.307 e. The van der Waals surface area contributed by atoms with Crippen LogP contribution in [0.3, 0.4) is 0 Å². The molecule has 0 spiro atoms. The number of nitrogens with zero attached hydrogens (tertiary/aromatic N) is 2. The highest BCUT2D eigenvalue weighted by molar-refractivity contribution is 5.31. The molecule has 2 aliphatic rings. The molecule has 0 atom stereocenters. The summed E-state index contributed by atoms with van der Waals surface area (Å²) in [6.45, 7) is 6.22. The molecular formula is C11H15N3. The lowest BCUT2D eigenvalue weighted by Gasteiger charge is -2.10. The second-order valence-corrected chi connectivity index (χ2v) is 4.72. The largest absolute Gasteiger partial charge is 0.307 e. The highest BCUT2D eigenvalue weighted by Crippen LogP contribution is 2.46. The van der Waals surface area contributed by atoms with Crippen LogP contribution in [0.1, 0.15) is 42.5 Å². The summed E-state index contributed by atoms with van der Waals surface area (Å²) >= 11 is 0. The summed E-state index contributed by atoms with van der Waals surface area (Å²) < 4.78 is 0. The van der Waals surface area contributed by atoms with E-state index >= 15 is 0 Å². The fourth-order valence-corrected chi connectivity index (χ4v) is 2.02. The lowest BCUT2D eigenvalue weighted by Crippen LogP contribution is -2.11. The number of aromatic nitrogens is 2. The lowest BCUT2D eigenvalue weighted by molar-refractivity contribution is 0.690. The molecule has 1 fully saturated rings. The molecule has 0 bridgehead atoms. The summed E-state index contributed by atoms with van der Waals surface area (Å²) in [6.07, 6.45) is 2.50. The molecule has 3 nitrogen and oxygen atoms in total. The van der Waals surface area contributed by atoms with Crippen LogP contribution in [-0.2, 0) is 18.5 Å². The van der Waals surface area contributed by atoms with Gasteiger partial charge in [-0.05, 0) is 19.8 Å². The maximum Gasteiger partial charge on any atom is 0.134 e. The van der Waals surface area contributed by atoms with Crippen LogP contribution in [-0.4, -0.2) is 9.97 Å². The Bertz CT molecular complexity index is 394. The molecule has 1 saturated carbocycles. The van der Waals surface area contributed by atoms with Crippen LogP contribution < -0.4 is 5.32 Å². The molecule has 0 amide bonds. The Morgan fingerprint density at radius 1 is 1.21 bits per heavy atom. The van der Waals surface area contributed by atoms with Gasteiger partial charge < -0.3 is 5.32 Å². The maximum atomic E-state index is 4.67. The molecule has 3 rings (SSSR count). The molecule has 0 aromatic carbocycles. The van der Waals surface area contributed by atoms with E-state index in [4.69, 9.17) is 0 Å². The van der Waals surface area contributed by atoms with Crippen molar-refractivity contribution >= 4 is 0 Å². The van der Waals surface area contributed by atoms with E-state index in [0.29, 0.717) is 5.41 Å². The number of hydrogen-bond donors (Lipinski definition) is 1. The Morgan fingerprint density at radius 3 is 2.71 bits per heavy atom. The van der Waals surface area contributed by atoms with E-state index in [1.807, 2.05) is 0 Å². The fraction of sp³-hybridized carbons (Fsp3) is 0.636. The summed E-state index contributed by atoms with van der Waals surface area (Å²) in [4.78, 5) is 9.30. The van der Waals surface area contributed by atoms with E-state index in [1.54, 1.807) is 0 Å². The van der Waals surface area contributed by atoms with Crippen molar-refractivity contribution in [3.05, 3.63) is 22.8 Å². The monoisotopic (exact) mass is 189 g/mol. The van der Waals surface area contributed by atoms with Crippen LogP contribution in [0.15, 0.2) is 0 Å². The van der Waals surface area contributed by atoms with Crippen molar-refractivity contribution in [2.24, 2.45) is 0 Å². The van der Waals surface area contributed by atoms with Crippen LogP contribution >= 0.6 is 0 Å². The van der Waals surface area contributed by atoms with Gasteiger partial charge in [0, 0.05) is 29.8 Å². The number of nitrogens with one attached hydrogen (secondary N) is 1. The smallest absolute Gasteiger partial charge is 0.134 e. The lowest BCUT2D eigenvalue weighted by atomic mass is 10.1. The highest BCUT2D eigenvalue weighted by atomic mass is 15.0. The van der Waals surface area contributed by atoms with Crippen molar-refractivity contribution in [2.45, 2.75) is 45.2 Å². The quantitative estimate of drug-likeness (QED) is 0.726. The van der Waals surface area contributed by atoms with Crippen molar-refractivity contribution < 1.29 is 0 Å². The second-order valence-electron chi connectivity index (χ2n) is 4.72. The number of fused-ring (bicyclic) bond motifs is 1. The van der Waals surface area contributed by atoms with Gasteiger partial charge in [-0.15, -0.1) is 0 Å². The first-order chi connectivity index (χ1) is 6.69. The van der Waals surface area contributed by atoms with Crippen molar-refractivity contribution in [2.75, 3.05) is 0 Å². The van der Waals surface area contributed by atoms with Gasteiger partial charge in [-0.1, -0.05) is 6.92 Å². The summed E-state index contributed by atoms with van der Waals surface area (Å²) in [7, 11) is 0. The predicted octanol–water partition coefficient (Wildman–Crippen LogP) is 1.44. The van der Waals surface area contributed by atoms with Crippen molar-refractivity contribution in [3.8, 4) is 0 Å². The molecule has 1 N–H and O–H groups in total. The van der Waals surface area contributed by atoms with Gasteiger partial charge in [-0.3, -0.25) is 0 Å². The standard InChI is InChI=1S/C11H15N3/c1-7-8-5-12-6-9(8)14-10(13-7)11(2)3-4-11/h12H,3-6H2,1-2H3. The average Bonchev–Trinajstić information content (AvgIpc) is 2.75. The molecule has 74 valence electrons. The third-order valence-electron chi connectivity index (χ3n) is 3.43. The van der Waals surface area contributed by atoms with Gasteiger partial charge >= 0.3 is 0 Å². The molecule has 1 aromatic rings. The average molecular weight is 189 g/mol. The van der Waals surface area contributed by atoms with Gasteiger partial charge in [-0.2, -0.15) is 0 Å². The summed E-state index contributed by atoms with van der Waals surface area (Å²) in [6, 6.07) is 0. The highest BCUT2D eigenvalue weighted by Gasteiger charge is 2.42. The maximum absolute atomic E-state index is 4.67. The molecule has 0 radical (unpaired) electrons. The van der Waals surface area contributed by atoms with Gasteiger partial charge in [-0.25, -0.2) is 9.97 Å². The van der Waals surface area contributed by atoms with Crippen LogP contribution in [0.5, 0.6) is 0 Å². The van der Waals surface area contributed by atoms with Crippen LogP contribution in [0, 0.1) is 6.92 Å². The SMILES string of the molecule is Cc1nc(C2(C)CC2)nc2c1CNC2. The Labute approximate surface area is 84.0 Å².